The van der Waals surface area contributed by atoms with E-state index in [0.717, 1.165) is 14.7 Å². The summed E-state index contributed by atoms with van der Waals surface area (Å²) in [5, 5.41) is 114. The van der Waals surface area contributed by atoms with Crippen molar-refractivity contribution in [2.24, 2.45) is 0 Å². The van der Waals surface area contributed by atoms with Crippen LogP contribution in [0.2, 0.25) is 0 Å². The number of hydrogen-bond donors (Lipinski definition) is 16. The van der Waals surface area contributed by atoms with Gasteiger partial charge in [-0.2, -0.15) is 0 Å². The van der Waals surface area contributed by atoms with Gasteiger partial charge in [0.05, 0.1) is 116 Å². The van der Waals surface area contributed by atoms with E-state index in [9.17, 15) is 89.4 Å². The van der Waals surface area contributed by atoms with Crippen molar-refractivity contribution >= 4 is 274 Å². The fourth-order valence-electron chi connectivity index (χ4n) is 7.01. The summed E-state index contributed by atoms with van der Waals surface area (Å²) in [6.45, 7) is -8.42. The van der Waals surface area contributed by atoms with Gasteiger partial charge in [-0.1, -0.05) is 0 Å². The number of benzene rings is 3. The van der Waals surface area contributed by atoms with Crippen LogP contribution in [0.5, 0.6) is 0 Å². The van der Waals surface area contributed by atoms with Crippen molar-refractivity contribution in [2.75, 3.05) is 116 Å². The number of rotatable bonds is 28. The van der Waals surface area contributed by atoms with E-state index in [0.29, 0.717) is 0 Å². The highest BCUT2D eigenvalue weighted by atomic mass is 127. The molecule has 3 rings (SSSR count). The van der Waals surface area contributed by atoms with Gasteiger partial charge in [0.25, 0.3) is 35.4 Å². The molecule has 4 unspecified atom stereocenters. The lowest BCUT2D eigenvalue weighted by atomic mass is 10.1. The number of halogens is 9. The van der Waals surface area contributed by atoms with Crippen LogP contribution in [0.1, 0.15) is 62.1 Å². The second-order valence-corrected chi connectivity index (χ2v) is 27.0. The van der Waals surface area contributed by atoms with Gasteiger partial charge in [-0.05, 0) is 203 Å². The molecule has 0 fully saturated rings. The number of hydrogen-bond acceptors (Lipinski definition) is 19. The standard InChI is InChI=1S/C46H52I9N9O19/c1-62(44(81)26-29(47)23(41(78)56-5-16(71)10-65)32(50)38(35(26)53)59-20(75)13-68)3-4-64(46(83)28-31(49)25(43(80)58-7-18(73)12-67)34(52)40(37(28)55)61-22(77)15-70)9-19(74)8-63(2)45(82)27-30(48)24(42(79)57-6-17(72)11-66)33(51)39(36(27)54)60-21(76)14-69/h16-19,65-74H,3-15H2,1-2H3,(H,56,78)(H,57,79)(H,58,80)(H,59,75)(H,60,76)(H,61,77). The molecule has 458 valence electrons. The molecule has 0 heterocycles. The predicted molar refractivity (Wildman–Crippen MR) is 373 cm³/mol. The molecule has 0 radical (unpaired) electrons. The Bertz CT molecular complexity index is 3000. The first kappa shape index (κ1) is 76.3. The van der Waals surface area contributed by atoms with E-state index < -0.39 is 156 Å². The third-order valence-electron chi connectivity index (χ3n) is 11.2. The molecule has 0 aliphatic carbocycles. The summed E-state index contributed by atoms with van der Waals surface area (Å²) in [4.78, 5) is 127. The SMILES string of the molecule is CN(CCN(CC(O)CN(C)C(=O)c1c(I)c(NC(=O)CO)c(I)c(C(=O)NCC(O)CO)c1I)C(=O)c1c(I)c(NC(=O)CO)c(I)c(C(=O)NCC(O)CO)c1I)C(=O)c1c(I)c(NC(=O)CO)c(I)c(C(=O)NCC(O)CO)c1I. The van der Waals surface area contributed by atoms with E-state index in [1.807, 2.05) is 0 Å². The van der Waals surface area contributed by atoms with E-state index in [1.54, 1.807) is 203 Å². The molecule has 3 aromatic rings. The Labute approximate surface area is 595 Å². The first-order valence-electron chi connectivity index (χ1n) is 23.4. The summed E-state index contributed by atoms with van der Waals surface area (Å²) in [5.41, 5.74) is -1.18. The number of amides is 9. The van der Waals surface area contributed by atoms with Gasteiger partial charge in [0.15, 0.2) is 0 Å². The molecule has 28 nitrogen and oxygen atoms in total. The maximum absolute atomic E-state index is 15.4. The van der Waals surface area contributed by atoms with Crippen LogP contribution in [0, 0.1) is 32.1 Å². The van der Waals surface area contributed by atoms with Crippen LogP contribution in [0.3, 0.4) is 0 Å². The quantitative estimate of drug-likeness (QED) is 0.0408. The van der Waals surface area contributed by atoms with Gasteiger partial charge in [0.1, 0.15) is 19.8 Å². The molecule has 0 aliphatic rings. The van der Waals surface area contributed by atoms with Gasteiger partial charge < -0.3 is 97.7 Å². The van der Waals surface area contributed by atoms with E-state index in [2.05, 4.69) is 31.9 Å². The number of nitrogens with one attached hydrogen (secondary N) is 6. The summed E-state index contributed by atoms with van der Waals surface area (Å²) < 4.78 is 0.695. The first-order chi connectivity index (χ1) is 38.9. The van der Waals surface area contributed by atoms with Crippen molar-refractivity contribution in [2.45, 2.75) is 24.4 Å². The fourth-order valence-corrected chi connectivity index (χ4v) is 20.2. The van der Waals surface area contributed by atoms with Crippen LogP contribution in [-0.2, 0) is 14.4 Å². The number of aliphatic hydroxyl groups is 10. The molecule has 4 atom stereocenters. The molecular formula is C46H52I9N9O19. The lowest BCUT2D eigenvalue weighted by Gasteiger charge is -2.31. The molecule has 0 saturated heterocycles. The Morgan fingerprint density at radius 3 is 0.940 bits per heavy atom. The molecule has 16 N–H and O–H groups in total. The van der Waals surface area contributed by atoms with Crippen molar-refractivity contribution in [3.8, 4) is 0 Å². The third-order valence-corrected chi connectivity index (χ3v) is 20.9. The van der Waals surface area contributed by atoms with Crippen LogP contribution in [-0.4, -0.2) is 243 Å². The molecule has 0 aliphatic heterocycles. The zero-order chi connectivity index (χ0) is 63.1. The molecule has 0 saturated carbocycles. The van der Waals surface area contributed by atoms with Gasteiger partial charge in [-0.25, -0.2) is 0 Å². The molecular weight excluding hydrogens is 2120 g/mol. The Morgan fingerprint density at radius 2 is 0.651 bits per heavy atom. The second-order valence-electron chi connectivity index (χ2n) is 17.3. The normalized spacial score (nSPS) is 12.5. The highest BCUT2D eigenvalue weighted by Crippen LogP contribution is 2.40. The molecule has 0 bridgehead atoms. The zero-order valence-corrected chi connectivity index (χ0v) is 62.3. The molecule has 9 amide bonds. The van der Waals surface area contributed by atoms with Gasteiger partial charge in [0.2, 0.25) is 17.7 Å². The maximum atomic E-state index is 15.4. The monoisotopic (exact) mass is 2180 g/mol. The minimum atomic E-state index is -1.68. The Morgan fingerprint density at radius 1 is 0.373 bits per heavy atom. The summed E-state index contributed by atoms with van der Waals surface area (Å²) in [6.07, 6.45) is -5.78. The van der Waals surface area contributed by atoms with Gasteiger partial charge in [-0.3, -0.25) is 43.2 Å². The van der Waals surface area contributed by atoms with Crippen LogP contribution in [0.15, 0.2) is 0 Å². The summed E-state index contributed by atoms with van der Waals surface area (Å²) in [6, 6.07) is 0. The van der Waals surface area contributed by atoms with Crippen LogP contribution < -0.4 is 31.9 Å². The second kappa shape index (κ2) is 36.0. The Kier molecular flexibility index (Phi) is 33.1. The lowest BCUT2D eigenvalue weighted by molar-refractivity contribution is -0.119. The zero-order valence-electron chi connectivity index (χ0n) is 42.9. The van der Waals surface area contributed by atoms with Crippen molar-refractivity contribution < 1.29 is 94.2 Å². The summed E-state index contributed by atoms with van der Waals surface area (Å²) in [5.74, 6) is -7.81. The van der Waals surface area contributed by atoms with Crippen molar-refractivity contribution in [3.63, 3.8) is 0 Å². The number of carbonyl (C=O) groups excluding carboxylic acids is 9. The van der Waals surface area contributed by atoms with E-state index in [-0.39, 0.29) is 89.1 Å². The summed E-state index contributed by atoms with van der Waals surface area (Å²) >= 11 is 15.7. The van der Waals surface area contributed by atoms with E-state index in [1.165, 1.54) is 14.1 Å². The number of nitrogens with zero attached hydrogens (tertiary/aromatic N) is 3. The van der Waals surface area contributed by atoms with E-state index >= 15 is 4.79 Å². The number of carbonyl (C=O) groups is 9. The average molecular weight is 2180 g/mol. The highest BCUT2D eigenvalue weighted by molar-refractivity contribution is 14.1. The molecule has 37 heteroatoms. The minimum absolute atomic E-state index is 0.0222. The maximum Gasteiger partial charge on any atom is 0.256 e. The van der Waals surface area contributed by atoms with Gasteiger partial charge in [-0.15, -0.1) is 0 Å². The molecule has 0 aromatic heterocycles. The number of anilines is 3. The number of aliphatic hydroxyl groups excluding tert-OH is 10. The fraction of sp³-hybridized carbons (Fsp3) is 0.413. The Hall–Kier alpha value is -0.940. The lowest BCUT2D eigenvalue weighted by Crippen LogP contribution is -2.47. The third kappa shape index (κ3) is 20.0. The van der Waals surface area contributed by atoms with Gasteiger partial charge in [0, 0.05) is 70.6 Å². The highest BCUT2D eigenvalue weighted by Gasteiger charge is 2.36. The van der Waals surface area contributed by atoms with Crippen molar-refractivity contribution in [1.82, 2.24) is 30.7 Å². The van der Waals surface area contributed by atoms with Crippen LogP contribution >= 0.6 is 203 Å². The van der Waals surface area contributed by atoms with E-state index in [4.69, 9.17) is 0 Å². The van der Waals surface area contributed by atoms with Crippen molar-refractivity contribution in [3.05, 3.63) is 65.5 Å². The van der Waals surface area contributed by atoms with Gasteiger partial charge >= 0.3 is 0 Å². The smallest absolute Gasteiger partial charge is 0.256 e. The predicted octanol–water partition coefficient (Wildman–Crippen LogP) is -0.483. The Balaban J connectivity index is 2.30. The first-order valence-corrected chi connectivity index (χ1v) is 33.1. The number of likely N-dealkylation sites (N-methyl/N-ethyl adjacent to an activating group) is 2. The summed E-state index contributed by atoms with van der Waals surface area (Å²) in [7, 11) is 2.61. The minimum Gasteiger partial charge on any atom is -0.394 e. The molecule has 3 aromatic carbocycles. The van der Waals surface area contributed by atoms with Crippen molar-refractivity contribution in [1.29, 1.82) is 0 Å². The van der Waals surface area contributed by atoms with Crippen LogP contribution in [0.4, 0.5) is 17.1 Å². The topological polar surface area (TPSA) is 438 Å². The largest absolute Gasteiger partial charge is 0.394 e. The molecule has 83 heavy (non-hydrogen) atoms. The molecule has 0 spiro atoms. The average Bonchev–Trinajstić information content (AvgIpc) is 2.80. The van der Waals surface area contributed by atoms with Crippen LogP contribution in [0.25, 0.3) is 0 Å².